The summed E-state index contributed by atoms with van der Waals surface area (Å²) in [5, 5.41) is 1.16. The van der Waals surface area contributed by atoms with Crippen LogP contribution in [-0.4, -0.2) is 35.1 Å². The molecule has 1 heterocycles. The van der Waals surface area contributed by atoms with E-state index in [9.17, 15) is 4.79 Å². The zero-order valence-corrected chi connectivity index (χ0v) is 8.52. The SMILES string of the molecule is CON(C)C(=O)Cc1ncc(C)cn1. The molecule has 76 valence electrons. The Morgan fingerprint density at radius 2 is 2.07 bits per heavy atom. The van der Waals surface area contributed by atoms with Crippen LogP contribution in [0.3, 0.4) is 0 Å². The van der Waals surface area contributed by atoms with Gasteiger partial charge >= 0.3 is 0 Å². The first-order valence-electron chi connectivity index (χ1n) is 4.21. The van der Waals surface area contributed by atoms with Gasteiger partial charge < -0.3 is 0 Å². The fourth-order valence-corrected chi connectivity index (χ4v) is 0.859. The first kappa shape index (κ1) is 10.6. The Bertz CT molecular complexity index is 310. The number of aromatic nitrogens is 2. The number of likely N-dealkylation sites (N-methyl/N-ethyl adjacent to an activating group) is 1. The van der Waals surface area contributed by atoms with Gasteiger partial charge in [-0.05, 0) is 12.5 Å². The van der Waals surface area contributed by atoms with Crippen molar-refractivity contribution in [2.45, 2.75) is 13.3 Å². The zero-order chi connectivity index (χ0) is 10.6. The van der Waals surface area contributed by atoms with Gasteiger partial charge in [-0.3, -0.25) is 9.63 Å². The lowest BCUT2D eigenvalue weighted by atomic mass is 10.3. The van der Waals surface area contributed by atoms with Gasteiger partial charge in [-0.1, -0.05) is 0 Å². The van der Waals surface area contributed by atoms with Gasteiger partial charge in [0.15, 0.2) is 0 Å². The molecule has 1 amide bonds. The van der Waals surface area contributed by atoms with Crippen molar-refractivity contribution in [1.29, 1.82) is 0 Å². The molecule has 1 aromatic heterocycles. The number of hydrogen-bond donors (Lipinski definition) is 0. The molecule has 0 atom stereocenters. The summed E-state index contributed by atoms with van der Waals surface area (Å²) in [4.78, 5) is 24.1. The molecule has 0 radical (unpaired) electrons. The Morgan fingerprint density at radius 1 is 1.50 bits per heavy atom. The average Bonchev–Trinajstić information content (AvgIpc) is 2.20. The minimum atomic E-state index is -0.170. The maximum atomic E-state index is 11.3. The van der Waals surface area contributed by atoms with Crippen LogP contribution >= 0.6 is 0 Å². The summed E-state index contributed by atoms with van der Waals surface area (Å²) in [5.41, 5.74) is 0.973. The van der Waals surface area contributed by atoms with E-state index in [0.29, 0.717) is 5.82 Å². The van der Waals surface area contributed by atoms with E-state index in [0.717, 1.165) is 10.6 Å². The minimum Gasteiger partial charge on any atom is -0.275 e. The van der Waals surface area contributed by atoms with E-state index < -0.39 is 0 Å². The van der Waals surface area contributed by atoms with E-state index in [2.05, 4.69) is 9.97 Å². The highest BCUT2D eigenvalue weighted by Crippen LogP contribution is 1.97. The molecule has 0 aromatic carbocycles. The van der Waals surface area contributed by atoms with Gasteiger partial charge in [-0.2, -0.15) is 0 Å². The third-order valence-corrected chi connectivity index (χ3v) is 1.77. The molecule has 1 rings (SSSR count). The lowest BCUT2D eigenvalue weighted by molar-refractivity contribution is -0.167. The lowest BCUT2D eigenvalue weighted by Gasteiger charge is -2.12. The summed E-state index contributed by atoms with van der Waals surface area (Å²) in [7, 11) is 2.99. The molecule has 0 N–H and O–H groups in total. The highest BCUT2D eigenvalue weighted by molar-refractivity contribution is 5.76. The molecule has 0 saturated carbocycles. The third-order valence-electron chi connectivity index (χ3n) is 1.77. The molecule has 0 unspecified atom stereocenters. The van der Waals surface area contributed by atoms with E-state index in [1.165, 1.54) is 7.11 Å². The van der Waals surface area contributed by atoms with E-state index in [1.54, 1.807) is 19.4 Å². The Labute approximate surface area is 82.7 Å². The van der Waals surface area contributed by atoms with E-state index in [1.807, 2.05) is 6.92 Å². The molecule has 5 heteroatoms. The highest BCUT2D eigenvalue weighted by Gasteiger charge is 2.10. The maximum Gasteiger partial charge on any atom is 0.253 e. The normalized spacial score (nSPS) is 9.93. The van der Waals surface area contributed by atoms with E-state index in [4.69, 9.17) is 4.84 Å². The quantitative estimate of drug-likeness (QED) is 0.653. The van der Waals surface area contributed by atoms with E-state index >= 15 is 0 Å². The van der Waals surface area contributed by atoms with Crippen molar-refractivity contribution < 1.29 is 9.63 Å². The largest absolute Gasteiger partial charge is 0.275 e. The van der Waals surface area contributed by atoms with Crippen molar-refractivity contribution in [3.63, 3.8) is 0 Å². The molecule has 0 fully saturated rings. The second-order valence-corrected chi connectivity index (χ2v) is 2.93. The van der Waals surface area contributed by atoms with Gasteiger partial charge in [-0.15, -0.1) is 0 Å². The van der Waals surface area contributed by atoms with Crippen molar-refractivity contribution in [3.05, 3.63) is 23.8 Å². The van der Waals surface area contributed by atoms with Crippen LogP contribution in [0.5, 0.6) is 0 Å². The number of hydrogen-bond acceptors (Lipinski definition) is 4. The zero-order valence-electron chi connectivity index (χ0n) is 8.52. The topological polar surface area (TPSA) is 55.3 Å². The standard InChI is InChI=1S/C9H13N3O2/c1-7-5-10-8(11-6-7)4-9(13)12(2)14-3/h5-6H,4H2,1-3H3. The third kappa shape index (κ3) is 2.77. The predicted molar refractivity (Wildman–Crippen MR) is 50.3 cm³/mol. The molecule has 14 heavy (non-hydrogen) atoms. The monoisotopic (exact) mass is 195 g/mol. The lowest BCUT2D eigenvalue weighted by Crippen LogP contribution is -2.27. The van der Waals surface area contributed by atoms with Crippen molar-refractivity contribution in [2.75, 3.05) is 14.2 Å². The fraction of sp³-hybridized carbons (Fsp3) is 0.444. The second-order valence-electron chi connectivity index (χ2n) is 2.93. The molecular weight excluding hydrogens is 182 g/mol. The predicted octanol–water partition coefficient (Wildman–Crippen LogP) is 0.347. The Morgan fingerprint density at radius 3 is 2.57 bits per heavy atom. The molecule has 0 aliphatic carbocycles. The Balaban J connectivity index is 2.60. The number of carbonyl (C=O) groups is 1. The molecule has 0 aliphatic heterocycles. The van der Waals surface area contributed by atoms with Crippen LogP contribution in [0.15, 0.2) is 12.4 Å². The highest BCUT2D eigenvalue weighted by atomic mass is 16.7. The van der Waals surface area contributed by atoms with Crippen LogP contribution in [-0.2, 0) is 16.1 Å². The summed E-state index contributed by atoms with van der Waals surface area (Å²) < 4.78 is 0. The van der Waals surface area contributed by atoms with Gasteiger partial charge in [-0.25, -0.2) is 15.0 Å². The second kappa shape index (κ2) is 4.66. The molecule has 0 saturated heterocycles. The molecule has 1 aromatic rings. The minimum absolute atomic E-state index is 0.157. The van der Waals surface area contributed by atoms with Crippen molar-refractivity contribution in [3.8, 4) is 0 Å². The van der Waals surface area contributed by atoms with Crippen LogP contribution < -0.4 is 0 Å². The number of aryl methyl sites for hydroxylation is 1. The molecular formula is C9H13N3O2. The van der Waals surface area contributed by atoms with Crippen LogP contribution in [0.4, 0.5) is 0 Å². The van der Waals surface area contributed by atoms with Gasteiger partial charge in [0.1, 0.15) is 5.82 Å². The smallest absolute Gasteiger partial charge is 0.253 e. The van der Waals surface area contributed by atoms with Gasteiger partial charge in [0.05, 0.1) is 13.5 Å². The number of amides is 1. The summed E-state index contributed by atoms with van der Waals surface area (Å²) in [6.07, 6.45) is 3.52. The molecule has 0 aliphatic rings. The Hall–Kier alpha value is -1.49. The van der Waals surface area contributed by atoms with Crippen LogP contribution in [0.2, 0.25) is 0 Å². The first-order valence-corrected chi connectivity index (χ1v) is 4.21. The van der Waals surface area contributed by atoms with E-state index in [-0.39, 0.29) is 12.3 Å². The van der Waals surface area contributed by atoms with Crippen LogP contribution in [0.1, 0.15) is 11.4 Å². The average molecular weight is 195 g/mol. The van der Waals surface area contributed by atoms with Gasteiger partial charge in [0, 0.05) is 19.4 Å². The van der Waals surface area contributed by atoms with Crippen LogP contribution in [0.25, 0.3) is 0 Å². The number of nitrogens with zero attached hydrogens (tertiary/aromatic N) is 3. The number of carbonyl (C=O) groups excluding carboxylic acids is 1. The summed E-state index contributed by atoms with van der Waals surface area (Å²) in [5.74, 6) is 0.334. The van der Waals surface area contributed by atoms with Crippen molar-refractivity contribution >= 4 is 5.91 Å². The fourth-order valence-electron chi connectivity index (χ4n) is 0.859. The summed E-state index contributed by atoms with van der Waals surface area (Å²) >= 11 is 0. The number of rotatable bonds is 3. The first-order chi connectivity index (χ1) is 6.63. The molecule has 0 spiro atoms. The summed E-state index contributed by atoms with van der Waals surface area (Å²) in [6.45, 7) is 1.90. The molecule has 5 nitrogen and oxygen atoms in total. The Kier molecular flexibility index (Phi) is 3.53. The van der Waals surface area contributed by atoms with Crippen molar-refractivity contribution in [2.24, 2.45) is 0 Å². The maximum absolute atomic E-state index is 11.3. The van der Waals surface area contributed by atoms with Gasteiger partial charge in [0.25, 0.3) is 5.91 Å². The molecule has 0 bridgehead atoms. The van der Waals surface area contributed by atoms with Gasteiger partial charge in [0.2, 0.25) is 0 Å². The van der Waals surface area contributed by atoms with Crippen molar-refractivity contribution in [1.82, 2.24) is 15.0 Å². The number of hydroxylamine groups is 2. The summed E-state index contributed by atoms with van der Waals surface area (Å²) in [6, 6.07) is 0. The van der Waals surface area contributed by atoms with Crippen LogP contribution in [0, 0.1) is 6.92 Å².